The lowest BCUT2D eigenvalue weighted by atomic mass is 9.75. The minimum atomic E-state index is -0.219. The van der Waals surface area contributed by atoms with Gasteiger partial charge in [-0.25, -0.2) is 19.9 Å². The molecule has 7 aromatic carbocycles. The molecule has 4 aliphatic rings. The highest BCUT2D eigenvalue weighted by Gasteiger charge is 2.47. The smallest absolute Gasteiger partial charge is 0.138 e. The fourth-order valence-corrected chi connectivity index (χ4v) is 13.8. The largest absolute Gasteiger partial charge is 0.279 e. The van der Waals surface area contributed by atoms with Crippen molar-refractivity contribution >= 4 is 59.0 Å². The maximum absolute atomic E-state index is 4.74. The van der Waals surface area contributed by atoms with E-state index in [-0.39, 0.29) is 16.2 Å². The van der Waals surface area contributed by atoms with E-state index in [0.29, 0.717) is 0 Å². The summed E-state index contributed by atoms with van der Waals surface area (Å²) in [5.74, 6) is 3.33. The van der Waals surface area contributed by atoms with Gasteiger partial charge in [-0.2, -0.15) is 0 Å². The van der Waals surface area contributed by atoms with Crippen LogP contribution in [0.5, 0.6) is 0 Å². The first kappa shape index (κ1) is 48.4. The minimum Gasteiger partial charge on any atom is -0.279 e. The summed E-state index contributed by atoms with van der Waals surface area (Å²) in [5.41, 5.74) is 25.1. The third-order valence-electron chi connectivity index (χ3n) is 17.8. The Labute approximate surface area is 474 Å². The van der Waals surface area contributed by atoms with Crippen LogP contribution in [0.1, 0.15) is 94.5 Å². The Morgan fingerprint density at radius 1 is 0.309 bits per heavy atom. The van der Waals surface area contributed by atoms with Crippen LogP contribution in [0, 0.1) is 0 Å². The Balaban J connectivity index is 0.713. The molecule has 0 amide bonds. The second-order valence-corrected chi connectivity index (χ2v) is 23.2. The summed E-state index contributed by atoms with van der Waals surface area (Å²) < 4.78 is 0. The molecule has 4 aromatic heterocycles. The number of rotatable bonds is 10. The van der Waals surface area contributed by atoms with Gasteiger partial charge in [0.15, 0.2) is 0 Å². The van der Waals surface area contributed by atoms with Gasteiger partial charge in [0, 0.05) is 52.4 Å². The number of hydrogen-bond acceptors (Lipinski definition) is 6. The van der Waals surface area contributed by atoms with Crippen LogP contribution in [0.15, 0.2) is 231 Å². The van der Waals surface area contributed by atoms with Crippen LogP contribution in [-0.4, -0.2) is 19.9 Å². The number of fused-ring (bicyclic) bond motifs is 12. The average molecular weight is 1040 g/mol. The van der Waals surface area contributed by atoms with Gasteiger partial charge in [-0.15, -0.1) is 0 Å². The van der Waals surface area contributed by atoms with Crippen LogP contribution >= 0.6 is 0 Å². The molecule has 0 radical (unpaired) electrons. The van der Waals surface area contributed by atoms with Crippen LogP contribution in [-0.2, 0) is 29.1 Å². The van der Waals surface area contributed by atoms with E-state index in [4.69, 9.17) is 19.9 Å². The zero-order chi connectivity index (χ0) is 54.5. The van der Waals surface area contributed by atoms with Gasteiger partial charge in [-0.05, 0) is 186 Å². The lowest BCUT2D eigenvalue weighted by Crippen LogP contribution is -2.26. The molecule has 0 unspecified atom stereocenters. The molecule has 0 N–H and O–H groups in total. The van der Waals surface area contributed by atoms with Crippen molar-refractivity contribution < 1.29 is 0 Å². The predicted octanol–water partition coefficient (Wildman–Crippen LogP) is 18.2. The van der Waals surface area contributed by atoms with Gasteiger partial charge in [-0.3, -0.25) is 9.80 Å². The fourth-order valence-electron chi connectivity index (χ4n) is 13.8. The van der Waals surface area contributed by atoms with Crippen molar-refractivity contribution in [3.8, 4) is 33.4 Å². The SMILES string of the molecule is CC1(C)c2cc(C=Cc3ccc4c(c3)C3(Cc5ccccc5C3)c3cc(C=Cc5ccc6c(c5)C(C)(C)c5cc(N(c7ccccn7)c7ccccn7)ccc5-6)ccc3-4)ccc2-c2ccc(N(c3ccccn3)c3ccccn3)cc21. The Morgan fingerprint density at radius 3 is 0.914 bits per heavy atom. The van der Waals surface area contributed by atoms with Crippen LogP contribution in [0.2, 0.25) is 0 Å². The normalized spacial score (nSPS) is 15.0. The van der Waals surface area contributed by atoms with Gasteiger partial charge in [-0.1, -0.05) is 185 Å². The third kappa shape index (κ3) is 7.91. The number of aromatic nitrogens is 4. The van der Waals surface area contributed by atoms with E-state index in [0.717, 1.165) is 47.5 Å². The van der Waals surface area contributed by atoms with Crippen LogP contribution < -0.4 is 9.80 Å². The molecular formula is C75H58N6. The van der Waals surface area contributed by atoms with Gasteiger partial charge in [0.2, 0.25) is 0 Å². The van der Waals surface area contributed by atoms with Crippen LogP contribution in [0.3, 0.4) is 0 Å². The van der Waals surface area contributed by atoms with Crippen molar-refractivity contribution in [2.75, 3.05) is 9.80 Å². The summed E-state index contributed by atoms with van der Waals surface area (Å²) in [6.07, 6.45) is 18.5. The number of anilines is 6. The summed E-state index contributed by atoms with van der Waals surface area (Å²) >= 11 is 0. The van der Waals surface area contributed by atoms with Crippen molar-refractivity contribution in [1.29, 1.82) is 0 Å². The van der Waals surface area contributed by atoms with E-state index in [1.807, 2.05) is 97.6 Å². The lowest BCUT2D eigenvalue weighted by molar-refractivity contribution is 0.563. The molecule has 6 heteroatoms. The molecule has 4 aliphatic carbocycles. The Bertz CT molecular complexity index is 3990. The Kier molecular flexibility index (Phi) is 11.1. The van der Waals surface area contributed by atoms with E-state index in [1.54, 1.807) is 0 Å². The van der Waals surface area contributed by atoms with Crippen LogP contribution in [0.4, 0.5) is 34.6 Å². The molecule has 388 valence electrons. The summed E-state index contributed by atoms with van der Waals surface area (Å²) in [6.45, 7) is 9.41. The first-order chi connectivity index (χ1) is 39.6. The molecule has 0 fully saturated rings. The molecule has 15 rings (SSSR count). The van der Waals surface area contributed by atoms with Crippen LogP contribution in [0.25, 0.3) is 57.7 Å². The predicted molar refractivity (Wildman–Crippen MR) is 333 cm³/mol. The van der Waals surface area contributed by atoms with Crippen molar-refractivity contribution in [1.82, 2.24) is 19.9 Å². The fraction of sp³-hybridized carbons (Fsp3) is 0.120. The molecule has 0 atom stereocenters. The second-order valence-electron chi connectivity index (χ2n) is 23.2. The maximum atomic E-state index is 4.74. The number of pyridine rings is 4. The first-order valence-electron chi connectivity index (χ1n) is 28.2. The highest BCUT2D eigenvalue weighted by atomic mass is 15.2. The number of hydrogen-bond donors (Lipinski definition) is 0. The molecule has 0 saturated heterocycles. The first-order valence-corrected chi connectivity index (χ1v) is 28.2. The molecule has 1 spiro atoms. The number of benzene rings is 7. The molecule has 0 bridgehead atoms. The summed E-state index contributed by atoms with van der Waals surface area (Å²) in [7, 11) is 0. The molecule has 81 heavy (non-hydrogen) atoms. The van der Waals surface area contributed by atoms with E-state index in [9.17, 15) is 0 Å². The highest BCUT2D eigenvalue weighted by Crippen LogP contribution is 2.57. The molecule has 0 aliphatic heterocycles. The minimum absolute atomic E-state index is 0.155. The summed E-state index contributed by atoms with van der Waals surface area (Å²) in [6, 6.07) is 75.1. The van der Waals surface area contributed by atoms with Crippen molar-refractivity contribution in [2.45, 2.75) is 56.8 Å². The van der Waals surface area contributed by atoms with Crippen molar-refractivity contribution in [2.24, 2.45) is 0 Å². The second kappa shape index (κ2) is 18.7. The van der Waals surface area contributed by atoms with Crippen molar-refractivity contribution in [3.63, 3.8) is 0 Å². The monoisotopic (exact) mass is 1040 g/mol. The summed E-state index contributed by atoms with van der Waals surface area (Å²) in [4.78, 5) is 23.2. The summed E-state index contributed by atoms with van der Waals surface area (Å²) in [5, 5.41) is 0. The number of nitrogens with zero attached hydrogens (tertiary/aromatic N) is 6. The standard InChI is InChI=1S/C75H58N6/c1-73(2)63-41-49(25-31-57(63)59-35-29-55(45-65(59)73)80(69-17-7-11-37-76-69)70-18-8-12-38-77-70)21-23-51-27-33-61-62-34-28-52(44-68(62)75(67(61)43-51)47-53-15-5-6-16-54(53)48-75)24-22-50-26-32-58-60-36-30-56(46-66(60)74(3,4)64(58)42-50)81(71-19-9-13-39-78-71)72-20-10-14-40-79-72/h5-46H,47-48H2,1-4H3. The third-order valence-corrected chi connectivity index (χ3v) is 17.8. The quantitative estimate of drug-likeness (QED) is 0.127. The van der Waals surface area contributed by atoms with E-state index < -0.39 is 0 Å². The maximum Gasteiger partial charge on any atom is 0.138 e. The highest BCUT2D eigenvalue weighted by molar-refractivity contribution is 5.90. The molecule has 4 heterocycles. The van der Waals surface area contributed by atoms with E-state index >= 15 is 0 Å². The Morgan fingerprint density at radius 2 is 0.593 bits per heavy atom. The zero-order valence-electron chi connectivity index (χ0n) is 45.8. The molecule has 0 saturated carbocycles. The van der Waals surface area contributed by atoms with Gasteiger partial charge in [0.05, 0.1) is 0 Å². The van der Waals surface area contributed by atoms with Crippen molar-refractivity contribution in [3.05, 3.63) is 298 Å². The Hall–Kier alpha value is -9.78. The van der Waals surface area contributed by atoms with Gasteiger partial charge >= 0.3 is 0 Å². The lowest BCUT2D eigenvalue weighted by Gasteiger charge is -2.27. The topological polar surface area (TPSA) is 58.0 Å². The molecule has 11 aromatic rings. The van der Waals surface area contributed by atoms with Gasteiger partial charge in [0.1, 0.15) is 23.3 Å². The molecule has 6 nitrogen and oxygen atoms in total. The average Bonchev–Trinajstić information content (AvgIpc) is 2.54. The van der Waals surface area contributed by atoms with Gasteiger partial charge < -0.3 is 0 Å². The zero-order valence-corrected chi connectivity index (χ0v) is 45.8. The molecular weight excluding hydrogens is 985 g/mol. The van der Waals surface area contributed by atoms with E-state index in [2.05, 4.69) is 195 Å². The van der Waals surface area contributed by atoms with E-state index in [1.165, 1.54) is 100 Å². The van der Waals surface area contributed by atoms with Gasteiger partial charge in [0.25, 0.3) is 0 Å².